The Labute approximate surface area is 122 Å². The van der Waals surface area contributed by atoms with Crippen molar-refractivity contribution < 1.29 is 8.42 Å². The van der Waals surface area contributed by atoms with Crippen molar-refractivity contribution in [3.05, 3.63) is 33.6 Å². The van der Waals surface area contributed by atoms with Crippen LogP contribution in [0.5, 0.6) is 0 Å². The SMILES string of the molecule is CNCc1c(S(=O)(=O)NC(C)c2cccs2)n[nH]c1C. The monoisotopic (exact) mass is 314 g/mol. The number of hydrogen-bond acceptors (Lipinski definition) is 5. The van der Waals surface area contributed by atoms with E-state index in [2.05, 4.69) is 20.2 Å². The van der Waals surface area contributed by atoms with Crippen LogP contribution >= 0.6 is 11.3 Å². The normalized spacial score (nSPS) is 13.6. The highest BCUT2D eigenvalue weighted by Gasteiger charge is 2.25. The number of H-pyrrole nitrogens is 1. The number of aromatic nitrogens is 2. The van der Waals surface area contributed by atoms with Gasteiger partial charge in [0.05, 0.1) is 6.04 Å². The molecule has 0 aliphatic carbocycles. The highest BCUT2D eigenvalue weighted by Crippen LogP contribution is 2.22. The quantitative estimate of drug-likeness (QED) is 0.755. The molecule has 0 aromatic carbocycles. The van der Waals surface area contributed by atoms with Gasteiger partial charge in [0, 0.05) is 22.7 Å². The van der Waals surface area contributed by atoms with Crippen molar-refractivity contribution in [2.75, 3.05) is 7.05 Å². The molecule has 1 unspecified atom stereocenters. The minimum Gasteiger partial charge on any atom is -0.316 e. The zero-order chi connectivity index (χ0) is 14.8. The number of aryl methyl sites for hydroxylation is 1. The first-order valence-corrected chi connectivity index (χ1v) is 8.56. The standard InChI is InChI=1S/C12H18N4O2S2/c1-8-10(7-13-3)12(15-14-8)20(17,18)16-9(2)11-5-4-6-19-11/h4-6,9,13,16H,7H2,1-3H3,(H,14,15). The van der Waals surface area contributed by atoms with Gasteiger partial charge in [0.25, 0.3) is 10.0 Å². The van der Waals surface area contributed by atoms with Gasteiger partial charge in [-0.25, -0.2) is 13.1 Å². The van der Waals surface area contributed by atoms with Gasteiger partial charge in [-0.3, -0.25) is 5.10 Å². The van der Waals surface area contributed by atoms with Crippen molar-refractivity contribution in [2.45, 2.75) is 31.5 Å². The zero-order valence-corrected chi connectivity index (χ0v) is 13.2. The molecule has 6 nitrogen and oxygen atoms in total. The van der Waals surface area contributed by atoms with E-state index in [9.17, 15) is 8.42 Å². The van der Waals surface area contributed by atoms with Crippen LogP contribution < -0.4 is 10.0 Å². The van der Waals surface area contributed by atoms with Crippen LogP contribution in [0.25, 0.3) is 0 Å². The molecule has 0 amide bonds. The summed E-state index contributed by atoms with van der Waals surface area (Å²) in [5.41, 5.74) is 1.42. The molecule has 0 fully saturated rings. The Morgan fingerprint density at radius 3 is 2.85 bits per heavy atom. The Hall–Kier alpha value is -1.22. The molecule has 0 aliphatic heterocycles. The van der Waals surface area contributed by atoms with Crippen molar-refractivity contribution in [3.8, 4) is 0 Å². The lowest BCUT2D eigenvalue weighted by molar-refractivity contribution is 0.562. The van der Waals surface area contributed by atoms with Crippen molar-refractivity contribution >= 4 is 21.4 Å². The van der Waals surface area contributed by atoms with E-state index < -0.39 is 10.0 Å². The maximum Gasteiger partial charge on any atom is 0.260 e. The summed E-state index contributed by atoms with van der Waals surface area (Å²) in [6.07, 6.45) is 0. The maximum atomic E-state index is 12.4. The topological polar surface area (TPSA) is 86.9 Å². The minimum absolute atomic E-state index is 0.0627. The molecule has 0 spiro atoms. The fourth-order valence-electron chi connectivity index (χ4n) is 1.92. The number of thiophene rings is 1. The van der Waals surface area contributed by atoms with E-state index in [1.807, 2.05) is 24.4 Å². The van der Waals surface area contributed by atoms with Crippen molar-refractivity contribution in [3.63, 3.8) is 0 Å². The third kappa shape index (κ3) is 3.09. The van der Waals surface area contributed by atoms with Gasteiger partial charge in [-0.15, -0.1) is 11.3 Å². The second-order valence-electron chi connectivity index (χ2n) is 4.52. The highest BCUT2D eigenvalue weighted by atomic mass is 32.2. The average Bonchev–Trinajstić information content (AvgIpc) is 3.00. The summed E-state index contributed by atoms with van der Waals surface area (Å²) >= 11 is 1.52. The first-order chi connectivity index (χ1) is 9.45. The molecule has 2 heterocycles. The molecule has 0 saturated heterocycles. The van der Waals surface area contributed by atoms with Gasteiger partial charge in [-0.1, -0.05) is 6.07 Å². The lowest BCUT2D eigenvalue weighted by Gasteiger charge is -2.12. The molecular formula is C12H18N4O2S2. The van der Waals surface area contributed by atoms with Crippen LogP contribution in [0.1, 0.15) is 29.1 Å². The number of nitrogens with zero attached hydrogens (tertiary/aromatic N) is 1. The van der Waals surface area contributed by atoms with Crippen LogP contribution in [0.4, 0.5) is 0 Å². The summed E-state index contributed by atoms with van der Waals surface area (Å²) in [4.78, 5) is 0.969. The predicted octanol–water partition coefficient (Wildman–Crippen LogP) is 1.54. The van der Waals surface area contributed by atoms with Crippen LogP contribution in [-0.4, -0.2) is 25.7 Å². The van der Waals surface area contributed by atoms with E-state index >= 15 is 0 Å². The molecule has 8 heteroatoms. The second kappa shape index (κ2) is 6.04. The Morgan fingerprint density at radius 2 is 2.25 bits per heavy atom. The summed E-state index contributed by atoms with van der Waals surface area (Å²) < 4.78 is 27.5. The molecule has 0 bridgehead atoms. The molecule has 1 atom stereocenters. The Kier molecular flexibility index (Phi) is 4.59. The molecule has 0 saturated carbocycles. The average molecular weight is 314 g/mol. The van der Waals surface area contributed by atoms with Crippen LogP contribution in [0, 0.1) is 6.92 Å². The first kappa shape index (κ1) is 15.2. The van der Waals surface area contributed by atoms with E-state index in [0.29, 0.717) is 12.1 Å². The van der Waals surface area contributed by atoms with E-state index in [-0.39, 0.29) is 11.1 Å². The lowest BCUT2D eigenvalue weighted by atomic mass is 10.3. The fraction of sp³-hybridized carbons (Fsp3) is 0.417. The van der Waals surface area contributed by atoms with E-state index in [1.54, 1.807) is 14.0 Å². The van der Waals surface area contributed by atoms with Gasteiger partial charge >= 0.3 is 0 Å². The number of hydrogen-bond donors (Lipinski definition) is 3. The maximum absolute atomic E-state index is 12.4. The predicted molar refractivity (Wildman–Crippen MR) is 79.1 cm³/mol. The summed E-state index contributed by atoms with van der Waals surface area (Å²) in [6.45, 7) is 4.08. The molecule has 3 N–H and O–H groups in total. The Balaban J connectivity index is 2.27. The number of nitrogens with one attached hydrogen (secondary N) is 3. The highest BCUT2D eigenvalue weighted by molar-refractivity contribution is 7.89. The molecular weight excluding hydrogens is 296 g/mol. The summed E-state index contributed by atoms with van der Waals surface area (Å²) in [6, 6.07) is 3.53. The number of aromatic amines is 1. The van der Waals surface area contributed by atoms with Gasteiger partial charge in [0.2, 0.25) is 0 Å². The molecule has 0 aliphatic rings. The molecule has 2 aromatic heterocycles. The molecule has 110 valence electrons. The van der Waals surface area contributed by atoms with Gasteiger partial charge in [0.15, 0.2) is 5.03 Å². The summed E-state index contributed by atoms with van der Waals surface area (Å²) in [5, 5.41) is 11.6. The number of rotatable bonds is 6. The van der Waals surface area contributed by atoms with E-state index in [0.717, 1.165) is 10.6 Å². The number of sulfonamides is 1. The van der Waals surface area contributed by atoms with Gasteiger partial charge < -0.3 is 5.32 Å². The molecule has 0 radical (unpaired) electrons. The second-order valence-corrected chi connectivity index (χ2v) is 7.13. The lowest BCUT2D eigenvalue weighted by Crippen LogP contribution is -2.28. The fourth-order valence-corrected chi connectivity index (χ4v) is 4.15. The van der Waals surface area contributed by atoms with E-state index in [4.69, 9.17) is 0 Å². The molecule has 20 heavy (non-hydrogen) atoms. The third-order valence-electron chi connectivity index (χ3n) is 2.95. The first-order valence-electron chi connectivity index (χ1n) is 6.20. The zero-order valence-electron chi connectivity index (χ0n) is 11.6. The van der Waals surface area contributed by atoms with Crippen LogP contribution in [-0.2, 0) is 16.6 Å². The summed E-state index contributed by atoms with van der Waals surface area (Å²) in [5.74, 6) is 0. The van der Waals surface area contributed by atoms with E-state index in [1.165, 1.54) is 11.3 Å². The van der Waals surface area contributed by atoms with Crippen molar-refractivity contribution in [1.29, 1.82) is 0 Å². The summed E-state index contributed by atoms with van der Waals surface area (Å²) in [7, 11) is -1.87. The Bertz CT molecular complexity index is 662. The van der Waals surface area contributed by atoms with Gasteiger partial charge in [-0.05, 0) is 32.3 Å². The molecule has 2 rings (SSSR count). The van der Waals surface area contributed by atoms with Crippen molar-refractivity contribution in [2.24, 2.45) is 0 Å². The molecule has 2 aromatic rings. The van der Waals surface area contributed by atoms with Gasteiger partial charge in [0.1, 0.15) is 0 Å². The van der Waals surface area contributed by atoms with Crippen LogP contribution in [0.2, 0.25) is 0 Å². The Morgan fingerprint density at radius 1 is 1.50 bits per heavy atom. The van der Waals surface area contributed by atoms with Crippen LogP contribution in [0.15, 0.2) is 22.5 Å². The largest absolute Gasteiger partial charge is 0.316 e. The van der Waals surface area contributed by atoms with Crippen molar-refractivity contribution in [1.82, 2.24) is 20.2 Å². The third-order valence-corrected chi connectivity index (χ3v) is 5.51. The van der Waals surface area contributed by atoms with Crippen LogP contribution in [0.3, 0.4) is 0 Å². The van der Waals surface area contributed by atoms with Gasteiger partial charge in [-0.2, -0.15) is 5.10 Å². The minimum atomic E-state index is -3.64. The smallest absolute Gasteiger partial charge is 0.260 e.